The minimum Gasteiger partial charge on any atom is -0.379 e. The molecule has 19 heavy (non-hydrogen) atoms. The lowest BCUT2D eigenvalue weighted by Gasteiger charge is -2.25. The standard InChI is InChI=1S/C14H21ClN2O2/c1-9(2)12(10(3)4)8-16-13-6-5-11(15)7-14(13)17(18)19/h5-7,9-10,12,16H,8H2,1-4H3. The molecule has 0 heterocycles. The summed E-state index contributed by atoms with van der Waals surface area (Å²) in [4.78, 5) is 10.6. The van der Waals surface area contributed by atoms with Crippen LogP contribution in [0.3, 0.4) is 0 Å². The lowest BCUT2D eigenvalue weighted by atomic mass is 9.85. The number of nitrogens with zero attached hydrogens (tertiary/aromatic N) is 1. The third-order valence-electron chi connectivity index (χ3n) is 3.40. The van der Waals surface area contributed by atoms with E-state index < -0.39 is 4.92 Å². The van der Waals surface area contributed by atoms with Gasteiger partial charge in [0.15, 0.2) is 0 Å². The molecule has 0 atom stereocenters. The molecule has 1 aromatic carbocycles. The molecule has 106 valence electrons. The van der Waals surface area contributed by atoms with Crippen LogP contribution in [0.1, 0.15) is 27.7 Å². The number of nitro benzene ring substituents is 1. The van der Waals surface area contributed by atoms with Crippen molar-refractivity contribution in [2.45, 2.75) is 27.7 Å². The highest BCUT2D eigenvalue weighted by Crippen LogP contribution is 2.29. The number of hydrogen-bond donors (Lipinski definition) is 1. The van der Waals surface area contributed by atoms with Crippen molar-refractivity contribution in [3.05, 3.63) is 33.3 Å². The summed E-state index contributed by atoms with van der Waals surface area (Å²) in [5, 5.41) is 14.6. The lowest BCUT2D eigenvalue weighted by Crippen LogP contribution is -2.24. The van der Waals surface area contributed by atoms with Gasteiger partial charge in [-0.3, -0.25) is 10.1 Å². The molecule has 1 N–H and O–H groups in total. The molecule has 0 aliphatic rings. The number of halogens is 1. The third-order valence-corrected chi connectivity index (χ3v) is 3.63. The Hall–Kier alpha value is -1.29. The van der Waals surface area contributed by atoms with Crippen LogP contribution in [-0.2, 0) is 0 Å². The average Bonchev–Trinajstić information content (AvgIpc) is 2.29. The van der Waals surface area contributed by atoms with Crippen molar-refractivity contribution >= 4 is 23.0 Å². The summed E-state index contributed by atoms with van der Waals surface area (Å²) in [5.74, 6) is 1.52. The van der Waals surface area contributed by atoms with E-state index in [1.165, 1.54) is 6.07 Å². The highest BCUT2D eigenvalue weighted by atomic mass is 35.5. The summed E-state index contributed by atoms with van der Waals surface area (Å²) in [6, 6.07) is 4.71. The highest BCUT2D eigenvalue weighted by molar-refractivity contribution is 6.30. The number of anilines is 1. The summed E-state index contributed by atoms with van der Waals surface area (Å²) >= 11 is 5.79. The van der Waals surface area contributed by atoms with Crippen molar-refractivity contribution in [2.75, 3.05) is 11.9 Å². The van der Waals surface area contributed by atoms with Gasteiger partial charge in [-0.25, -0.2) is 0 Å². The van der Waals surface area contributed by atoms with Gasteiger partial charge in [-0.2, -0.15) is 0 Å². The topological polar surface area (TPSA) is 55.2 Å². The quantitative estimate of drug-likeness (QED) is 0.614. The van der Waals surface area contributed by atoms with Crippen molar-refractivity contribution in [1.82, 2.24) is 0 Å². The molecule has 0 amide bonds. The van der Waals surface area contributed by atoms with Gasteiger partial charge >= 0.3 is 0 Å². The Kier molecular flexibility index (Phi) is 5.60. The predicted molar refractivity (Wildman–Crippen MR) is 79.8 cm³/mol. The van der Waals surface area contributed by atoms with Crippen molar-refractivity contribution < 1.29 is 4.92 Å². The SMILES string of the molecule is CC(C)C(CNc1ccc(Cl)cc1[N+](=O)[O-])C(C)C. The molecule has 0 aromatic heterocycles. The van der Waals surface area contributed by atoms with Crippen molar-refractivity contribution in [3.8, 4) is 0 Å². The van der Waals surface area contributed by atoms with Crippen LogP contribution in [0.4, 0.5) is 11.4 Å². The molecule has 4 nitrogen and oxygen atoms in total. The number of nitrogens with one attached hydrogen (secondary N) is 1. The van der Waals surface area contributed by atoms with Gasteiger partial charge in [0.05, 0.1) is 4.92 Å². The van der Waals surface area contributed by atoms with Gasteiger partial charge in [-0.15, -0.1) is 0 Å². The third kappa shape index (κ3) is 4.39. The fourth-order valence-corrected chi connectivity index (χ4v) is 2.44. The fourth-order valence-electron chi connectivity index (χ4n) is 2.27. The molecule has 1 rings (SSSR count). The first-order chi connectivity index (χ1) is 8.82. The normalized spacial score (nSPS) is 11.4. The largest absolute Gasteiger partial charge is 0.379 e. The molecule has 0 spiro atoms. The van der Waals surface area contributed by atoms with E-state index in [0.29, 0.717) is 28.5 Å². The Labute approximate surface area is 119 Å². The number of nitro groups is 1. The van der Waals surface area contributed by atoms with Crippen LogP contribution in [0.25, 0.3) is 0 Å². The summed E-state index contributed by atoms with van der Waals surface area (Å²) in [5.41, 5.74) is 0.555. The Morgan fingerprint density at radius 2 is 1.84 bits per heavy atom. The minimum absolute atomic E-state index is 0.0266. The monoisotopic (exact) mass is 284 g/mol. The molecule has 1 aromatic rings. The van der Waals surface area contributed by atoms with Crippen LogP contribution in [0.2, 0.25) is 5.02 Å². The zero-order valence-electron chi connectivity index (χ0n) is 11.8. The van der Waals surface area contributed by atoms with E-state index in [-0.39, 0.29) is 5.69 Å². The molecule has 0 fully saturated rings. The van der Waals surface area contributed by atoms with E-state index in [1.807, 2.05) is 0 Å². The van der Waals surface area contributed by atoms with Gasteiger partial charge in [-0.05, 0) is 29.9 Å². The van der Waals surface area contributed by atoms with Crippen LogP contribution in [0, 0.1) is 27.9 Å². The molecule has 0 aliphatic heterocycles. The summed E-state index contributed by atoms with van der Waals surface area (Å²) in [7, 11) is 0. The van der Waals surface area contributed by atoms with Crippen molar-refractivity contribution in [3.63, 3.8) is 0 Å². The van der Waals surface area contributed by atoms with Crippen LogP contribution in [0.15, 0.2) is 18.2 Å². The van der Waals surface area contributed by atoms with Gasteiger partial charge in [0.25, 0.3) is 5.69 Å². The second kappa shape index (κ2) is 6.75. The van der Waals surface area contributed by atoms with Gasteiger partial charge in [-0.1, -0.05) is 39.3 Å². The first-order valence-corrected chi connectivity index (χ1v) is 6.88. The lowest BCUT2D eigenvalue weighted by molar-refractivity contribution is -0.383. The zero-order valence-corrected chi connectivity index (χ0v) is 12.6. The van der Waals surface area contributed by atoms with Crippen LogP contribution >= 0.6 is 11.6 Å². The molecular weight excluding hydrogens is 264 g/mol. The van der Waals surface area contributed by atoms with Crippen molar-refractivity contribution in [2.24, 2.45) is 17.8 Å². The number of rotatable bonds is 6. The van der Waals surface area contributed by atoms with E-state index >= 15 is 0 Å². The maximum Gasteiger partial charge on any atom is 0.293 e. The molecule has 0 radical (unpaired) electrons. The number of hydrogen-bond acceptors (Lipinski definition) is 3. The molecule has 0 unspecified atom stereocenters. The van der Waals surface area contributed by atoms with E-state index in [0.717, 1.165) is 6.54 Å². The summed E-state index contributed by atoms with van der Waals surface area (Å²) < 4.78 is 0. The van der Waals surface area contributed by atoms with E-state index in [9.17, 15) is 10.1 Å². The summed E-state index contributed by atoms with van der Waals surface area (Å²) in [6.45, 7) is 9.40. The zero-order chi connectivity index (χ0) is 14.6. The fraction of sp³-hybridized carbons (Fsp3) is 0.571. The van der Waals surface area contributed by atoms with Crippen LogP contribution in [-0.4, -0.2) is 11.5 Å². The minimum atomic E-state index is -0.409. The van der Waals surface area contributed by atoms with Gasteiger partial charge < -0.3 is 5.32 Å². The average molecular weight is 285 g/mol. The molecule has 0 saturated carbocycles. The maximum atomic E-state index is 11.0. The van der Waals surface area contributed by atoms with E-state index in [4.69, 9.17) is 11.6 Å². The Bertz CT molecular complexity index is 439. The molecule has 0 bridgehead atoms. The van der Waals surface area contributed by atoms with E-state index in [2.05, 4.69) is 33.0 Å². The van der Waals surface area contributed by atoms with Gasteiger partial charge in [0.1, 0.15) is 5.69 Å². The maximum absolute atomic E-state index is 11.0. The summed E-state index contributed by atoms with van der Waals surface area (Å²) in [6.07, 6.45) is 0. The van der Waals surface area contributed by atoms with Crippen LogP contribution < -0.4 is 5.32 Å². The highest BCUT2D eigenvalue weighted by Gasteiger charge is 2.20. The molecule has 0 saturated heterocycles. The second-order valence-electron chi connectivity index (χ2n) is 5.45. The smallest absolute Gasteiger partial charge is 0.293 e. The Morgan fingerprint density at radius 3 is 2.32 bits per heavy atom. The second-order valence-corrected chi connectivity index (χ2v) is 5.89. The van der Waals surface area contributed by atoms with Gasteiger partial charge in [0, 0.05) is 17.6 Å². The molecular formula is C14H21ClN2O2. The number of benzene rings is 1. The van der Waals surface area contributed by atoms with Gasteiger partial charge in [0.2, 0.25) is 0 Å². The van der Waals surface area contributed by atoms with Crippen molar-refractivity contribution in [1.29, 1.82) is 0 Å². The van der Waals surface area contributed by atoms with Crippen LogP contribution in [0.5, 0.6) is 0 Å². The predicted octanol–water partition coefficient (Wildman–Crippen LogP) is 4.59. The molecule has 0 aliphatic carbocycles. The van der Waals surface area contributed by atoms with E-state index in [1.54, 1.807) is 12.1 Å². The first kappa shape index (κ1) is 15.8. The first-order valence-electron chi connectivity index (χ1n) is 6.50. The molecule has 5 heteroatoms. The Balaban J connectivity index is 2.85. The Morgan fingerprint density at radius 1 is 1.26 bits per heavy atom.